The Bertz CT molecular complexity index is 1220. The van der Waals surface area contributed by atoms with Crippen molar-refractivity contribution >= 4 is 12.1 Å². The van der Waals surface area contributed by atoms with Crippen LogP contribution in [0.4, 0.5) is 0 Å². The van der Waals surface area contributed by atoms with Gasteiger partial charge in [-0.25, -0.2) is 5.43 Å². The number of rotatable bonds is 6. The second-order valence-corrected chi connectivity index (χ2v) is 6.80. The number of H-pyrrole nitrogens is 1. The first kappa shape index (κ1) is 20.0. The van der Waals surface area contributed by atoms with E-state index in [4.69, 9.17) is 4.74 Å². The summed E-state index contributed by atoms with van der Waals surface area (Å²) in [6, 6.07) is 26.5. The standard InChI is InChI=1S/C25H21N3O3/c1-31-22-14-8-13-19(24(22)29)16-26-28-25(30)23-20(17-9-4-2-5-10-17)15-21(27-23)18-11-6-3-7-12-18/h2-16,27,29H,1H3,(H,28,30)/b26-16-. The Hall–Kier alpha value is -4.32. The lowest BCUT2D eigenvalue weighted by Crippen LogP contribution is -2.19. The highest BCUT2D eigenvalue weighted by Gasteiger charge is 2.17. The number of carbonyl (C=O) groups is 1. The van der Waals surface area contributed by atoms with Gasteiger partial charge in [0, 0.05) is 16.8 Å². The normalized spacial score (nSPS) is 10.9. The van der Waals surface area contributed by atoms with E-state index in [0.29, 0.717) is 17.0 Å². The summed E-state index contributed by atoms with van der Waals surface area (Å²) in [6.07, 6.45) is 1.37. The van der Waals surface area contributed by atoms with Gasteiger partial charge in [0.2, 0.25) is 0 Å². The van der Waals surface area contributed by atoms with Crippen LogP contribution in [0.2, 0.25) is 0 Å². The van der Waals surface area contributed by atoms with Crippen LogP contribution in [0.25, 0.3) is 22.4 Å². The molecule has 0 bridgehead atoms. The Morgan fingerprint density at radius 1 is 0.968 bits per heavy atom. The number of carbonyl (C=O) groups excluding carboxylic acids is 1. The zero-order valence-electron chi connectivity index (χ0n) is 16.9. The molecule has 4 aromatic rings. The van der Waals surface area contributed by atoms with Crippen LogP contribution < -0.4 is 10.2 Å². The van der Waals surface area contributed by atoms with E-state index >= 15 is 0 Å². The average molecular weight is 411 g/mol. The molecular weight excluding hydrogens is 390 g/mol. The van der Waals surface area contributed by atoms with Crippen molar-refractivity contribution in [3.8, 4) is 33.9 Å². The largest absolute Gasteiger partial charge is 0.504 e. The third-order valence-electron chi connectivity index (χ3n) is 4.83. The molecule has 0 fully saturated rings. The number of aromatic amines is 1. The van der Waals surface area contributed by atoms with Gasteiger partial charge in [0.15, 0.2) is 11.5 Å². The number of hydrogen-bond donors (Lipinski definition) is 3. The van der Waals surface area contributed by atoms with E-state index in [1.165, 1.54) is 13.3 Å². The summed E-state index contributed by atoms with van der Waals surface area (Å²) in [5, 5.41) is 14.2. The number of hydrazone groups is 1. The minimum absolute atomic E-state index is 0.0424. The highest BCUT2D eigenvalue weighted by atomic mass is 16.5. The van der Waals surface area contributed by atoms with Crippen LogP contribution in [0.5, 0.6) is 11.5 Å². The molecule has 0 saturated carbocycles. The summed E-state index contributed by atoms with van der Waals surface area (Å²) in [5.74, 6) is -0.0996. The highest BCUT2D eigenvalue weighted by molar-refractivity contribution is 6.01. The van der Waals surface area contributed by atoms with Crippen LogP contribution in [-0.2, 0) is 0 Å². The van der Waals surface area contributed by atoms with Crippen LogP contribution in [0.15, 0.2) is 90.0 Å². The molecule has 3 N–H and O–H groups in total. The zero-order chi connectivity index (χ0) is 21.6. The number of nitrogens with zero attached hydrogens (tertiary/aromatic N) is 1. The number of phenols is 1. The summed E-state index contributed by atoms with van der Waals surface area (Å²) in [5.41, 5.74) is 6.86. The second kappa shape index (κ2) is 9.00. The van der Waals surface area contributed by atoms with Crippen LogP contribution in [0.1, 0.15) is 16.1 Å². The Kier molecular flexibility index (Phi) is 5.80. The van der Waals surface area contributed by atoms with Crippen molar-refractivity contribution < 1.29 is 14.6 Å². The maximum atomic E-state index is 12.9. The summed E-state index contributed by atoms with van der Waals surface area (Å²) in [7, 11) is 1.47. The van der Waals surface area contributed by atoms with E-state index < -0.39 is 0 Å². The molecule has 31 heavy (non-hydrogen) atoms. The molecule has 0 spiro atoms. The number of methoxy groups -OCH3 is 1. The Labute approximate surface area is 179 Å². The quantitative estimate of drug-likeness (QED) is 0.314. The lowest BCUT2D eigenvalue weighted by Gasteiger charge is -2.05. The Morgan fingerprint density at radius 3 is 2.32 bits per heavy atom. The number of nitrogens with one attached hydrogen (secondary N) is 2. The van der Waals surface area contributed by atoms with E-state index in [1.54, 1.807) is 18.2 Å². The van der Waals surface area contributed by atoms with Crippen LogP contribution in [0.3, 0.4) is 0 Å². The van der Waals surface area contributed by atoms with Gasteiger partial charge in [-0.1, -0.05) is 66.7 Å². The molecular formula is C25H21N3O3. The van der Waals surface area contributed by atoms with Crippen LogP contribution in [-0.4, -0.2) is 29.3 Å². The minimum atomic E-state index is -0.389. The lowest BCUT2D eigenvalue weighted by molar-refractivity contribution is 0.0951. The lowest BCUT2D eigenvalue weighted by atomic mass is 10.0. The number of para-hydroxylation sites is 1. The van der Waals surface area contributed by atoms with Gasteiger partial charge >= 0.3 is 0 Å². The topological polar surface area (TPSA) is 86.7 Å². The van der Waals surface area contributed by atoms with Gasteiger partial charge in [0.25, 0.3) is 5.91 Å². The fourth-order valence-corrected chi connectivity index (χ4v) is 3.28. The molecule has 4 rings (SSSR count). The van der Waals surface area contributed by atoms with Gasteiger partial charge in [0.05, 0.1) is 13.3 Å². The summed E-state index contributed by atoms with van der Waals surface area (Å²) < 4.78 is 5.09. The van der Waals surface area contributed by atoms with Crippen molar-refractivity contribution in [2.45, 2.75) is 0 Å². The molecule has 6 heteroatoms. The molecule has 0 radical (unpaired) electrons. The van der Waals surface area contributed by atoms with Crippen molar-refractivity contribution in [1.82, 2.24) is 10.4 Å². The van der Waals surface area contributed by atoms with Gasteiger partial charge in [0.1, 0.15) is 5.69 Å². The molecule has 1 heterocycles. The fraction of sp³-hybridized carbons (Fsp3) is 0.0400. The SMILES string of the molecule is COc1cccc(/C=N\NC(=O)c2[nH]c(-c3ccccc3)cc2-c2ccccc2)c1O. The van der Waals surface area contributed by atoms with Gasteiger partial charge < -0.3 is 14.8 Å². The molecule has 0 atom stereocenters. The van der Waals surface area contributed by atoms with E-state index in [2.05, 4.69) is 15.5 Å². The van der Waals surface area contributed by atoms with Gasteiger partial charge in [-0.3, -0.25) is 4.79 Å². The molecule has 0 saturated heterocycles. The molecule has 1 aromatic heterocycles. The first-order valence-electron chi connectivity index (χ1n) is 9.70. The molecule has 6 nitrogen and oxygen atoms in total. The number of phenolic OH excluding ortho intramolecular Hbond substituents is 1. The van der Waals surface area contributed by atoms with Crippen LogP contribution in [0, 0.1) is 0 Å². The van der Waals surface area contributed by atoms with E-state index in [1.807, 2.05) is 66.7 Å². The number of aromatic hydroxyl groups is 1. The molecule has 0 aliphatic heterocycles. The van der Waals surface area contributed by atoms with E-state index in [9.17, 15) is 9.90 Å². The Balaban J connectivity index is 1.63. The number of hydrogen-bond acceptors (Lipinski definition) is 4. The van der Waals surface area contributed by atoms with Gasteiger partial charge in [-0.2, -0.15) is 5.10 Å². The molecule has 0 aliphatic rings. The molecule has 0 unspecified atom stereocenters. The molecule has 154 valence electrons. The number of amides is 1. The zero-order valence-corrected chi connectivity index (χ0v) is 16.9. The van der Waals surface area contributed by atoms with Gasteiger partial charge in [-0.05, 0) is 29.3 Å². The van der Waals surface area contributed by atoms with Crippen molar-refractivity contribution in [2.75, 3.05) is 7.11 Å². The van der Waals surface area contributed by atoms with Gasteiger partial charge in [-0.15, -0.1) is 0 Å². The third-order valence-corrected chi connectivity index (χ3v) is 4.83. The first-order valence-corrected chi connectivity index (χ1v) is 9.70. The van der Waals surface area contributed by atoms with Crippen LogP contribution >= 0.6 is 0 Å². The van der Waals surface area contributed by atoms with E-state index in [-0.39, 0.29) is 11.7 Å². The molecule has 1 amide bonds. The predicted molar refractivity (Wildman–Crippen MR) is 121 cm³/mol. The summed E-state index contributed by atoms with van der Waals surface area (Å²) in [6.45, 7) is 0. The number of aromatic nitrogens is 1. The van der Waals surface area contributed by atoms with Crippen molar-refractivity contribution in [3.63, 3.8) is 0 Å². The maximum absolute atomic E-state index is 12.9. The second-order valence-electron chi connectivity index (χ2n) is 6.80. The maximum Gasteiger partial charge on any atom is 0.288 e. The van der Waals surface area contributed by atoms with Crippen molar-refractivity contribution in [2.24, 2.45) is 5.10 Å². The summed E-state index contributed by atoms with van der Waals surface area (Å²) in [4.78, 5) is 16.2. The van der Waals surface area contributed by atoms with E-state index in [0.717, 1.165) is 22.4 Å². The predicted octanol–water partition coefficient (Wildman–Crippen LogP) is 4.83. The minimum Gasteiger partial charge on any atom is -0.504 e. The number of benzene rings is 3. The third kappa shape index (κ3) is 4.33. The average Bonchev–Trinajstić information content (AvgIpc) is 3.27. The highest BCUT2D eigenvalue weighted by Crippen LogP contribution is 2.30. The van der Waals surface area contributed by atoms with Crippen molar-refractivity contribution in [3.05, 3.63) is 96.2 Å². The first-order chi connectivity index (χ1) is 15.2. The van der Waals surface area contributed by atoms with Crippen molar-refractivity contribution in [1.29, 1.82) is 0 Å². The fourth-order valence-electron chi connectivity index (χ4n) is 3.28. The molecule has 3 aromatic carbocycles. The summed E-state index contributed by atoms with van der Waals surface area (Å²) >= 11 is 0. The number of ether oxygens (including phenoxy) is 1. The monoisotopic (exact) mass is 411 g/mol. The Morgan fingerprint density at radius 2 is 1.65 bits per heavy atom. The molecule has 0 aliphatic carbocycles. The smallest absolute Gasteiger partial charge is 0.288 e.